The van der Waals surface area contributed by atoms with Gasteiger partial charge in [0.05, 0.1) is 12.6 Å². The SMILES string of the molecule is Cc1cccc2c1CC1CNC(=O)CN21. The molecule has 1 unspecified atom stereocenters. The Labute approximate surface area is 89.1 Å². The number of amides is 1. The molecule has 0 bridgehead atoms. The monoisotopic (exact) mass is 202 g/mol. The van der Waals surface area contributed by atoms with Crippen LogP contribution in [0.1, 0.15) is 11.1 Å². The molecular formula is C12H14N2O. The zero-order valence-corrected chi connectivity index (χ0v) is 8.79. The van der Waals surface area contributed by atoms with E-state index in [0.717, 1.165) is 13.0 Å². The third-order valence-electron chi connectivity index (χ3n) is 3.42. The van der Waals surface area contributed by atoms with Crippen LogP contribution in [0, 0.1) is 6.92 Å². The Bertz CT molecular complexity index is 428. The second kappa shape index (κ2) is 2.99. The Morgan fingerprint density at radius 2 is 2.33 bits per heavy atom. The fourth-order valence-electron chi connectivity index (χ4n) is 2.60. The van der Waals surface area contributed by atoms with Crippen molar-refractivity contribution in [1.82, 2.24) is 5.32 Å². The van der Waals surface area contributed by atoms with Gasteiger partial charge in [0.2, 0.25) is 5.91 Å². The molecule has 0 aromatic heterocycles. The summed E-state index contributed by atoms with van der Waals surface area (Å²) in [6.45, 7) is 3.45. The lowest BCUT2D eigenvalue weighted by atomic mass is 10.0. The van der Waals surface area contributed by atoms with Crippen molar-refractivity contribution in [2.75, 3.05) is 18.0 Å². The Balaban J connectivity index is 2.04. The van der Waals surface area contributed by atoms with E-state index in [-0.39, 0.29) is 5.91 Å². The van der Waals surface area contributed by atoms with E-state index < -0.39 is 0 Å². The average molecular weight is 202 g/mol. The fraction of sp³-hybridized carbons (Fsp3) is 0.417. The molecule has 0 aliphatic carbocycles. The lowest BCUT2D eigenvalue weighted by Gasteiger charge is -2.31. The number of anilines is 1. The molecule has 3 rings (SSSR count). The van der Waals surface area contributed by atoms with Crippen LogP contribution in [0.4, 0.5) is 5.69 Å². The van der Waals surface area contributed by atoms with Gasteiger partial charge in [-0.05, 0) is 30.5 Å². The highest BCUT2D eigenvalue weighted by atomic mass is 16.2. The summed E-state index contributed by atoms with van der Waals surface area (Å²) >= 11 is 0. The number of aryl methyl sites for hydroxylation is 1. The van der Waals surface area contributed by atoms with Gasteiger partial charge in [0, 0.05) is 12.2 Å². The normalized spacial score (nSPS) is 23.4. The highest BCUT2D eigenvalue weighted by molar-refractivity contribution is 5.84. The van der Waals surface area contributed by atoms with Crippen LogP contribution in [0.25, 0.3) is 0 Å². The summed E-state index contributed by atoms with van der Waals surface area (Å²) in [4.78, 5) is 13.6. The number of carbonyl (C=O) groups excluding carboxylic acids is 1. The molecular weight excluding hydrogens is 188 g/mol. The molecule has 0 saturated carbocycles. The minimum atomic E-state index is 0.139. The number of hydrogen-bond acceptors (Lipinski definition) is 2. The zero-order valence-electron chi connectivity index (χ0n) is 8.79. The topological polar surface area (TPSA) is 32.3 Å². The third kappa shape index (κ3) is 1.23. The van der Waals surface area contributed by atoms with Crippen LogP contribution >= 0.6 is 0 Å². The Kier molecular flexibility index (Phi) is 1.75. The van der Waals surface area contributed by atoms with E-state index in [1.807, 2.05) is 0 Å². The molecule has 0 radical (unpaired) electrons. The predicted molar refractivity (Wildman–Crippen MR) is 59.0 cm³/mol. The van der Waals surface area contributed by atoms with E-state index >= 15 is 0 Å². The van der Waals surface area contributed by atoms with E-state index in [2.05, 4.69) is 35.3 Å². The van der Waals surface area contributed by atoms with E-state index in [9.17, 15) is 4.79 Å². The summed E-state index contributed by atoms with van der Waals surface area (Å²) < 4.78 is 0. The second-order valence-corrected chi connectivity index (χ2v) is 4.36. The van der Waals surface area contributed by atoms with Gasteiger partial charge in [0.25, 0.3) is 0 Å². The molecule has 1 saturated heterocycles. The summed E-state index contributed by atoms with van der Waals surface area (Å²) in [6, 6.07) is 6.81. The summed E-state index contributed by atoms with van der Waals surface area (Å²) in [5.74, 6) is 0.139. The minimum absolute atomic E-state index is 0.139. The molecule has 3 nitrogen and oxygen atoms in total. The molecule has 1 aromatic rings. The van der Waals surface area contributed by atoms with E-state index in [0.29, 0.717) is 12.6 Å². The molecule has 15 heavy (non-hydrogen) atoms. The molecule has 2 heterocycles. The minimum Gasteiger partial charge on any atom is -0.357 e. The molecule has 1 fully saturated rings. The van der Waals surface area contributed by atoms with Crippen LogP contribution in [-0.2, 0) is 11.2 Å². The van der Waals surface area contributed by atoms with Crippen molar-refractivity contribution in [3.63, 3.8) is 0 Å². The largest absolute Gasteiger partial charge is 0.357 e. The van der Waals surface area contributed by atoms with Gasteiger partial charge in [-0.1, -0.05) is 12.1 Å². The number of nitrogens with zero attached hydrogens (tertiary/aromatic N) is 1. The van der Waals surface area contributed by atoms with Gasteiger partial charge in [-0.25, -0.2) is 0 Å². The van der Waals surface area contributed by atoms with E-state index in [1.54, 1.807) is 0 Å². The Morgan fingerprint density at radius 3 is 3.20 bits per heavy atom. The summed E-state index contributed by atoms with van der Waals surface area (Å²) in [7, 11) is 0. The average Bonchev–Trinajstić information content (AvgIpc) is 2.58. The van der Waals surface area contributed by atoms with Crippen molar-refractivity contribution >= 4 is 11.6 Å². The van der Waals surface area contributed by atoms with Crippen molar-refractivity contribution in [1.29, 1.82) is 0 Å². The molecule has 2 aliphatic heterocycles. The maximum atomic E-state index is 11.3. The number of carbonyl (C=O) groups is 1. The van der Waals surface area contributed by atoms with Gasteiger partial charge in [-0.2, -0.15) is 0 Å². The highest BCUT2D eigenvalue weighted by Crippen LogP contribution is 2.34. The lowest BCUT2D eigenvalue weighted by Crippen LogP contribution is -2.52. The lowest BCUT2D eigenvalue weighted by molar-refractivity contribution is -0.120. The number of rotatable bonds is 0. The van der Waals surface area contributed by atoms with Gasteiger partial charge in [-0.15, -0.1) is 0 Å². The van der Waals surface area contributed by atoms with Gasteiger partial charge < -0.3 is 10.2 Å². The molecule has 78 valence electrons. The summed E-state index contributed by atoms with van der Waals surface area (Å²) in [6.07, 6.45) is 1.07. The van der Waals surface area contributed by atoms with Crippen LogP contribution in [-0.4, -0.2) is 25.0 Å². The number of piperazine rings is 1. The van der Waals surface area contributed by atoms with Gasteiger partial charge in [-0.3, -0.25) is 4.79 Å². The van der Waals surface area contributed by atoms with Crippen molar-refractivity contribution < 1.29 is 4.79 Å². The first-order valence-corrected chi connectivity index (χ1v) is 5.37. The van der Waals surface area contributed by atoms with Crippen LogP contribution < -0.4 is 10.2 Å². The first kappa shape index (κ1) is 8.77. The van der Waals surface area contributed by atoms with Gasteiger partial charge in [0.1, 0.15) is 0 Å². The molecule has 0 spiro atoms. The molecule has 1 aromatic carbocycles. The van der Waals surface area contributed by atoms with Crippen LogP contribution in [0.2, 0.25) is 0 Å². The first-order chi connectivity index (χ1) is 7.25. The smallest absolute Gasteiger partial charge is 0.239 e. The Morgan fingerprint density at radius 1 is 1.47 bits per heavy atom. The summed E-state index contributed by atoms with van der Waals surface area (Å²) in [5, 5.41) is 2.93. The third-order valence-corrected chi connectivity index (χ3v) is 3.42. The van der Waals surface area contributed by atoms with Gasteiger partial charge >= 0.3 is 0 Å². The van der Waals surface area contributed by atoms with Crippen LogP contribution in [0.15, 0.2) is 18.2 Å². The molecule has 1 N–H and O–H groups in total. The van der Waals surface area contributed by atoms with E-state index in [1.165, 1.54) is 16.8 Å². The molecule has 1 atom stereocenters. The quantitative estimate of drug-likeness (QED) is 0.676. The highest BCUT2D eigenvalue weighted by Gasteiger charge is 2.34. The zero-order chi connectivity index (χ0) is 10.4. The molecule has 1 amide bonds. The maximum absolute atomic E-state index is 11.3. The molecule has 3 heteroatoms. The first-order valence-electron chi connectivity index (χ1n) is 5.37. The van der Waals surface area contributed by atoms with Crippen LogP contribution in [0.5, 0.6) is 0 Å². The Hall–Kier alpha value is -1.51. The number of nitrogens with one attached hydrogen (secondary N) is 1. The van der Waals surface area contributed by atoms with E-state index in [4.69, 9.17) is 0 Å². The fourth-order valence-corrected chi connectivity index (χ4v) is 2.60. The van der Waals surface area contributed by atoms with Crippen LogP contribution in [0.3, 0.4) is 0 Å². The molecule has 2 aliphatic rings. The standard InChI is InChI=1S/C12H14N2O/c1-8-3-2-4-11-10(8)5-9-6-13-12(15)7-14(9)11/h2-4,9H,5-7H2,1H3,(H,13,15). The number of benzene rings is 1. The maximum Gasteiger partial charge on any atom is 0.239 e. The summed E-state index contributed by atoms with van der Waals surface area (Å²) in [5.41, 5.74) is 4.02. The van der Waals surface area contributed by atoms with Gasteiger partial charge in [0.15, 0.2) is 0 Å². The van der Waals surface area contributed by atoms with Crippen molar-refractivity contribution in [3.8, 4) is 0 Å². The van der Waals surface area contributed by atoms with Crippen molar-refractivity contribution in [2.45, 2.75) is 19.4 Å². The predicted octanol–water partition coefficient (Wildman–Crippen LogP) is 0.856. The number of fused-ring (bicyclic) bond motifs is 3. The van der Waals surface area contributed by atoms with Crippen molar-refractivity contribution in [3.05, 3.63) is 29.3 Å². The second-order valence-electron chi connectivity index (χ2n) is 4.36. The van der Waals surface area contributed by atoms with Crippen molar-refractivity contribution in [2.24, 2.45) is 0 Å². The number of hydrogen-bond donors (Lipinski definition) is 1.